The van der Waals surface area contributed by atoms with E-state index in [0.29, 0.717) is 15.1 Å². The number of rotatable bonds is 4. The highest BCUT2D eigenvalue weighted by Crippen LogP contribution is 2.40. The molecule has 0 bridgehead atoms. The molecule has 0 radical (unpaired) electrons. The summed E-state index contributed by atoms with van der Waals surface area (Å²) in [5.41, 5.74) is 0.986. The molecule has 0 aliphatic carbocycles. The van der Waals surface area contributed by atoms with Crippen LogP contribution in [-0.4, -0.2) is 31.1 Å². The summed E-state index contributed by atoms with van der Waals surface area (Å²) in [6.45, 7) is 6.24. The lowest BCUT2D eigenvalue weighted by atomic mass is 9.99. The van der Waals surface area contributed by atoms with Gasteiger partial charge in [0.2, 0.25) is 0 Å². The van der Waals surface area contributed by atoms with E-state index in [1.807, 2.05) is 6.07 Å². The zero-order valence-electron chi connectivity index (χ0n) is 11.9. The van der Waals surface area contributed by atoms with Crippen LogP contribution in [0.25, 0.3) is 0 Å². The number of benzene rings is 1. The third-order valence-corrected chi connectivity index (χ3v) is 4.72. The first-order chi connectivity index (χ1) is 9.15. The van der Waals surface area contributed by atoms with Gasteiger partial charge in [-0.15, -0.1) is 24.8 Å². The Labute approximate surface area is 154 Å². The van der Waals surface area contributed by atoms with Crippen molar-refractivity contribution in [1.29, 1.82) is 0 Å². The number of hydrogen-bond acceptors (Lipinski definition) is 2. The summed E-state index contributed by atoms with van der Waals surface area (Å²) in [6.07, 6.45) is 2.13. The minimum atomic E-state index is 0. The van der Waals surface area contributed by atoms with E-state index in [9.17, 15) is 0 Å². The zero-order valence-corrected chi connectivity index (χ0v) is 15.8. The summed E-state index contributed by atoms with van der Waals surface area (Å²) >= 11 is 18.9. The Balaban J connectivity index is 0.00000200. The Morgan fingerprint density at radius 2 is 1.67 bits per heavy atom. The third kappa shape index (κ3) is 5.31. The van der Waals surface area contributed by atoms with E-state index in [2.05, 4.69) is 17.1 Å². The fourth-order valence-electron chi connectivity index (χ4n) is 2.62. The van der Waals surface area contributed by atoms with Gasteiger partial charge in [-0.3, -0.25) is 4.90 Å². The van der Waals surface area contributed by atoms with E-state index in [0.717, 1.165) is 44.6 Å². The van der Waals surface area contributed by atoms with Gasteiger partial charge >= 0.3 is 0 Å². The normalized spacial score (nSPS) is 16.8. The second kappa shape index (κ2) is 10.4. The molecule has 0 spiro atoms. The minimum Gasteiger partial charge on any atom is -0.314 e. The third-order valence-electron chi connectivity index (χ3n) is 3.57. The molecule has 0 aromatic heterocycles. The number of hydrogen-bond donors (Lipinski definition) is 1. The SMILES string of the molecule is CCC[C@H](c1c(Cl)ccc(Cl)c1Cl)N1CCNCC1.Cl.Cl. The van der Waals surface area contributed by atoms with Gasteiger partial charge in [0, 0.05) is 42.8 Å². The maximum Gasteiger partial charge on any atom is 0.0655 e. The molecule has 122 valence electrons. The molecular formula is C14H21Cl5N2. The monoisotopic (exact) mass is 392 g/mol. The maximum absolute atomic E-state index is 6.39. The van der Waals surface area contributed by atoms with Crippen LogP contribution in [0.15, 0.2) is 12.1 Å². The summed E-state index contributed by atoms with van der Waals surface area (Å²) in [4.78, 5) is 2.45. The van der Waals surface area contributed by atoms with Crippen molar-refractivity contribution in [3.63, 3.8) is 0 Å². The number of nitrogens with zero attached hydrogens (tertiary/aromatic N) is 1. The summed E-state index contributed by atoms with van der Waals surface area (Å²) < 4.78 is 0. The summed E-state index contributed by atoms with van der Waals surface area (Å²) in [5.74, 6) is 0. The second-order valence-electron chi connectivity index (χ2n) is 4.85. The van der Waals surface area contributed by atoms with Crippen LogP contribution in [0.2, 0.25) is 15.1 Å². The molecule has 1 aromatic rings. The molecule has 1 aliphatic heterocycles. The van der Waals surface area contributed by atoms with Crippen molar-refractivity contribution < 1.29 is 0 Å². The minimum absolute atomic E-state index is 0. The maximum atomic E-state index is 6.39. The molecule has 1 saturated heterocycles. The molecule has 1 aliphatic rings. The van der Waals surface area contributed by atoms with Crippen LogP contribution in [0.5, 0.6) is 0 Å². The van der Waals surface area contributed by atoms with Crippen LogP contribution in [-0.2, 0) is 0 Å². The van der Waals surface area contributed by atoms with Crippen LogP contribution in [0, 0.1) is 0 Å². The quantitative estimate of drug-likeness (QED) is 0.703. The lowest BCUT2D eigenvalue weighted by Gasteiger charge is -2.36. The molecule has 1 N–H and O–H groups in total. The van der Waals surface area contributed by atoms with E-state index in [1.165, 1.54) is 0 Å². The standard InChI is InChI=1S/C14H19Cl3N2.2ClH/c1-2-3-12(19-8-6-18-7-9-19)13-10(15)4-5-11(16)14(13)17;;/h4-5,12,18H,2-3,6-9H2,1H3;2*1H/t12-;;/m1../s1. The molecule has 1 aromatic carbocycles. The molecule has 1 fully saturated rings. The predicted molar refractivity (Wildman–Crippen MR) is 98.1 cm³/mol. The highest BCUT2D eigenvalue weighted by Gasteiger charge is 2.26. The largest absolute Gasteiger partial charge is 0.314 e. The fraction of sp³-hybridized carbons (Fsp3) is 0.571. The molecule has 1 atom stereocenters. The van der Waals surface area contributed by atoms with Gasteiger partial charge in [0.1, 0.15) is 0 Å². The first kappa shape index (κ1) is 21.6. The van der Waals surface area contributed by atoms with Gasteiger partial charge in [-0.1, -0.05) is 48.1 Å². The topological polar surface area (TPSA) is 15.3 Å². The van der Waals surface area contributed by atoms with Crippen molar-refractivity contribution in [2.24, 2.45) is 0 Å². The molecule has 7 heteroatoms. The molecular weight excluding hydrogens is 373 g/mol. The van der Waals surface area contributed by atoms with Gasteiger partial charge in [0.15, 0.2) is 0 Å². The van der Waals surface area contributed by atoms with Crippen LogP contribution >= 0.6 is 59.6 Å². The van der Waals surface area contributed by atoms with Crippen molar-refractivity contribution in [3.05, 3.63) is 32.8 Å². The number of piperazine rings is 1. The van der Waals surface area contributed by atoms with Gasteiger partial charge in [0.25, 0.3) is 0 Å². The van der Waals surface area contributed by atoms with Crippen LogP contribution < -0.4 is 5.32 Å². The number of halogens is 5. The Morgan fingerprint density at radius 3 is 2.24 bits per heavy atom. The molecule has 2 nitrogen and oxygen atoms in total. The Bertz CT molecular complexity index is 436. The average Bonchev–Trinajstić information content (AvgIpc) is 2.43. The highest BCUT2D eigenvalue weighted by molar-refractivity contribution is 6.44. The van der Waals surface area contributed by atoms with E-state index in [1.54, 1.807) is 6.07 Å². The van der Waals surface area contributed by atoms with Crippen molar-refractivity contribution in [3.8, 4) is 0 Å². The van der Waals surface area contributed by atoms with E-state index in [4.69, 9.17) is 34.8 Å². The zero-order chi connectivity index (χ0) is 13.8. The number of nitrogens with one attached hydrogen (secondary N) is 1. The summed E-state index contributed by atoms with van der Waals surface area (Å²) in [6, 6.07) is 3.86. The molecule has 21 heavy (non-hydrogen) atoms. The summed E-state index contributed by atoms with van der Waals surface area (Å²) in [7, 11) is 0. The first-order valence-corrected chi connectivity index (χ1v) is 7.86. The van der Waals surface area contributed by atoms with Crippen molar-refractivity contribution in [2.75, 3.05) is 26.2 Å². The lowest BCUT2D eigenvalue weighted by Crippen LogP contribution is -2.45. The molecule has 1 heterocycles. The highest BCUT2D eigenvalue weighted by atomic mass is 35.5. The van der Waals surface area contributed by atoms with Crippen molar-refractivity contribution in [2.45, 2.75) is 25.8 Å². The van der Waals surface area contributed by atoms with E-state index in [-0.39, 0.29) is 30.9 Å². The van der Waals surface area contributed by atoms with E-state index < -0.39 is 0 Å². The Hall–Kier alpha value is 0.590. The predicted octanol–water partition coefficient (Wildman–Crippen LogP) is 5.24. The van der Waals surface area contributed by atoms with Gasteiger partial charge < -0.3 is 5.32 Å². The lowest BCUT2D eigenvalue weighted by molar-refractivity contribution is 0.165. The van der Waals surface area contributed by atoms with Crippen LogP contribution in [0.4, 0.5) is 0 Å². The van der Waals surface area contributed by atoms with Crippen LogP contribution in [0.3, 0.4) is 0 Å². The molecule has 0 unspecified atom stereocenters. The molecule has 2 rings (SSSR count). The van der Waals surface area contributed by atoms with E-state index >= 15 is 0 Å². The van der Waals surface area contributed by atoms with Gasteiger partial charge in [-0.05, 0) is 18.6 Å². The van der Waals surface area contributed by atoms with Gasteiger partial charge in [-0.2, -0.15) is 0 Å². The van der Waals surface area contributed by atoms with Crippen LogP contribution in [0.1, 0.15) is 31.4 Å². The average molecular weight is 395 g/mol. The summed E-state index contributed by atoms with van der Waals surface area (Å²) in [5, 5.41) is 5.27. The van der Waals surface area contributed by atoms with Gasteiger partial charge in [0.05, 0.1) is 10.0 Å². The second-order valence-corrected chi connectivity index (χ2v) is 6.04. The fourth-order valence-corrected chi connectivity index (χ4v) is 3.41. The smallest absolute Gasteiger partial charge is 0.0655 e. The Morgan fingerprint density at radius 1 is 1.10 bits per heavy atom. The van der Waals surface area contributed by atoms with Crippen molar-refractivity contribution in [1.82, 2.24) is 10.2 Å². The van der Waals surface area contributed by atoms with Crippen molar-refractivity contribution >= 4 is 59.6 Å². The Kier molecular flexibility index (Phi) is 10.7. The first-order valence-electron chi connectivity index (χ1n) is 6.73. The molecule has 0 amide bonds. The molecule has 0 saturated carbocycles. The van der Waals surface area contributed by atoms with Gasteiger partial charge in [-0.25, -0.2) is 0 Å².